The topological polar surface area (TPSA) is 151 Å². The highest BCUT2D eigenvalue weighted by molar-refractivity contribution is 5.95. The highest BCUT2D eigenvalue weighted by Crippen LogP contribution is 2.36. The van der Waals surface area contributed by atoms with Crippen LogP contribution in [0.15, 0.2) is 94.0 Å². The first-order valence-corrected chi connectivity index (χ1v) is 19.7. The lowest BCUT2D eigenvalue weighted by Crippen LogP contribution is -2.47. The maximum atomic E-state index is 12.8. The van der Waals surface area contributed by atoms with Crippen LogP contribution < -0.4 is 10.6 Å². The van der Waals surface area contributed by atoms with E-state index in [1.165, 1.54) is 11.1 Å². The summed E-state index contributed by atoms with van der Waals surface area (Å²) in [6, 6.07) is 20.0. The van der Waals surface area contributed by atoms with Gasteiger partial charge in [-0.1, -0.05) is 36.4 Å². The molecule has 4 aliphatic heterocycles. The number of pyridine rings is 2. The molecule has 0 saturated carbocycles. The van der Waals surface area contributed by atoms with Crippen LogP contribution in [0.4, 0.5) is 11.6 Å². The van der Waals surface area contributed by atoms with E-state index in [2.05, 4.69) is 39.7 Å². The summed E-state index contributed by atoms with van der Waals surface area (Å²) in [6.07, 6.45) is 14.2. The average Bonchev–Trinajstić information content (AvgIpc) is 3.65. The van der Waals surface area contributed by atoms with Crippen molar-refractivity contribution < 1.29 is 28.0 Å². The minimum atomic E-state index is -0.0377. The van der Waals surface area contributed by atoms with Crippen LogP contribution in [-0.2, 0) is 45.0 Å². The van der Waals surface area contributed by atoms with Crippen molar-refractivity contribution >= 4 is 69.4 Å². The number of aryl methyl sites for hydroxylation is 4. The zero-order chi connectivity index (χ0) is 39.8. The number of carbonyl (C=O) groups excluding carboxylic acids is 4. The number of nitrogens with one attached hydrogen (secondary N) is 2. The zero-order valence-corrected chi connectivity index (χ0v) is 32.1. The number of amides is 4. The first kappa shape index (κ1) is 36.8. The SMILES string of the molecule is Cc1c(C2CN(C(=O)/C=C/c3cnc4c(c3)CCC(=O)N4)C2)oc2ccccc12.O=C1CCc2cc(/C=C/C(=O)N3CCCc4c(oc5ccccc45)C3)cnc2N1. The van der Waals surface area contributed by atoms with Crippen LogP contribution in [0.3, 0.4) is 0 Å². The van der Waals surface area contributed by atoms with Gasteiger partial charge in [-0.05, 0) is 96.8 Å². The van der Waals surface area contributed by atoms with Gasteiger partial charge in [0.1, 0.15) is 34.3 Å². The first-order valence-electron chi connectivity index (χ1n) is 19.7. The molecule has 0 radical (unpaired) electrons. The fourth-order valence-electron chi connectivity index (χ4n) is 8.12. The Bertz CT molecular complexity index is 2670. The molecule has 6 aromatic rings. The molecule has 10 rings (SSSR count). The number of para-hydroxylation sites is 2. The van der Waals surface area contributed by atoms with Crippen molar-refractivity contribution in [2.75, 3.05) is 30.3 Å². The molecule has 1 saturated heterocycles. The van der Waals surface area contributed by atoms with E-state index in [0.717, 1.165) is 68.6 Å². The third-order valence-corrected chi connectivity index (χ3v) is 11.3. The average molecular weight is 775 g/mol. The summed E-state index contributed by atoms with van der Waals surface area (Å²) in [7, 11) is 0. The minimum absolute atomic E-state index is 0.00417. The highest BCUT2D eigenvalue weighted by Gasteiger charge is 2.34. The number of hydrogen-bond donors (Lipinski definition) is 2. The van der Waals surface area contributed by atoms with Gasteiger partial charge in [-0.25, -0.2) is 9.97 Å². The van der Waals surface area contributed by atoms with Crippen molar-refractivity contribution in [3.8, 4) is 0 Å². The third kappa shape index (κ3) is 7.52. The number of nitrogens with zero attached hydrogens (tertiary/aromatic N) is 4. The lowest BCUT2D eigenvalue weighted by Gasteiger charge is -2.37. The molecule has 0 spiro atoms. The fourth-order valence-corrected chi connectivity index (χ4v) is 8.12. The molecule has 12 nitrogen and oxygen atoms in total. The molecule has 292 valence electrons. The second-order valence-electron chi connectivity index (χ2n) is 15.2. The second-order valence-corrected chi connectivity index (χ2v) is 15.2. The molecule has 4 aromatic heterocycles. The molecule has 0 atom stereocenters. The molecule has 2 aromatic carbocycles. The van der Waals surface area contributed by atoms with Gasteiger partial charge >= 0.3 is 0 Å². The molecule has 4 amide bonds. The molecular weight excluding hydrogens is 733 g/mol. The van der Waals surface area contributed by atoms with Gasteiger partial charge in [0.2, 0.25) is 23.6 Å². The monoisotopic (exact) mass is 774 g/mol. The standard InChI is InChI=1S/2C23H21N3O3/c1-14-18-4-2-3-5-19(18)29-22(14)17-12-26(13-17)21(28)9-6-15-10-16-7-8-20(27)25-23(16)24-11-15;27-21-9-8-16-12-15(13-24-23(16)25-21)7-10-22(28)26-11-3-5-18-17-4-1-2-6-19(17)29-20(18)14-26/h2-6,9-11,17H,7-8,12-13H2,1H3,(H,24,25,27);1-2,4,6-7,10,12-13H,3,5,8-9,11,14H2,(H,24,25,27)/b9-6+;10-7+. The summed E-state index contributed by atoms with van der Waals surface area (Å²) in [5.41, 5.74) is 7.90. The van der Waals surface area contributed by atoms with Crippen LogP contribution in [0.1, 0.15) is 70.1 Å². The summed E-state index contributed by atoms with van der Waals surface area (Å²) in [5, 5.41) is 7.83. The van der Waals surface area contributed by atoms with Crippen molar-refractivity contribution in [3.63, 3.8) is 0 Å². The molecule has 0 aliphatic carbocycles. The van der Waals surface area contributed by atoms with E-state index in [9.17, 15) is 19.2 Å². The Balaban J connectivity index is 0.000000150. The number of furan rings is 2. The molecule has 12 heteroatoms. The van der Waals surface area contributed by atoms with Gasteiger partial charge in [0.25, 0.3) is 0 Å². The Morgan fingerprint density at radius 3 is 1.91 bits per heavy atom. The van der Waals surface area contributed by atoms with E-state index in [4.69, 9.17) is 8.83 Å². The molecule has 4 aliphatic rings. The molecule has 58 heavy (non-hydrogen) atoms. The van der Waals surface area contributed by atoms with E-state index in [1.807, 2.05) is 58.3 Å². The predicted molar refractivity (Wildman–Crippen MR) is 221 cm³/mol. The van der Waals surface area contributed by atoms with Gasteiger partial charge in [-0.15, -0.1) is 0 Å². The number of anilines is 2. The quantitative estimate of drug-likeness (QED) is 0.173. The Hall–Kier alpha value is -6.82. The van der Waals surface area contributed by atoms with Gasteiger partial charge in [0, 0.05) is 73.4 Å². The van der Waals surface area contributed by atoms with Crippen LogP contribution >= 0.6 is 0 Å². The lowest BCUT2D eigenvalue weighted by atomic mass is 9.94. The third-order valence-electron chi connectivity index (χ3n) is 11.3. The Kier molecular flexibility index (Phi) is 9.90. The summed E-state index contributed by atoms with van der Waals surface area (Å²) in [6.45, 7) is 4.60. The lowest BCUT2D eigenvalue weighted by molar-refractivity contribution is -0.130. The van der Waals surface area contributed by atoms with Crippen LogP contribution in [0.5, 0.6) is 0 Å². The van der Waals surface area contributed by atoms with E-state index in [1.54, 1.807) is 36.7 Å². The maximum Gasteiger partial charge on any atom is 0.246 e. The normalized spacial score (nSPS) is 16.6. The number of benzene rings is 2. The first-order chi connectivity index (χ1) is 28.3. The number of hydrogen-bond acceptors (Lipinski definition) is 8. The van der Waals surface area contributed by atoms with Gasteiger partial charge in [0.15, 0.2) is 0 Å². The molecule has 2 N–H and O–H groups in total. The minimum Gasteiger partial charge on any atom is -0.460 e. The van der Waals surface area contributed by atoms with Crippen LogP contribution in [0.25, 0.3) is 34.1 Å². The van der Waals surface area contributed by atoms with Crippen molar-refractivity contribution in [1.29, 1.82) is 0 Å². The van der Waals surface area contributed by atoms with Crippen molar-refractivity contribution in [1.82, 2.24) is 19.8 Å². The van der Waals surface area contributed by atoms with E-state index < -0.39 is 0 Å². The van der Waals surface area contributed by atoms with Crippen molar-refractivity contribution in [2.45, 2.75) is 57.9 Å². The highest BCUT2D eigenvalue weighted by atomic mass is 16.3. The van der Waals surface area contributed by atoms with Gasteiger partial charge in [-0.2, -0.15) is 0 Å². The Morgan fingerprint density at radius 2 is 1.29 bits per heavy atom. The Morgan fingerprint density at radius 1 is 0.724 bits per heavy atom. The molecule has 0 bridgehead atoms. The van der Waals surface area contributed by atoms with E-state index in [-0.39, 0.29) is 29.5 Å². The zero-order valence-electron chi connectivity index (χ0n) is 32.1. The smallest absolute Gasteiger partial charge is 0.246 e. The largest absolute Gasteiger partial charge is 0.460 e. The second kappa shape index (κ2) is 15.6. The molecule has 8 heterocycles. The van der Waals surface area contributed by atoms with Crippen molar-refractivity contribution in [2.24, 2.45) is 0 Å². The van der Waals surface area contributed by atoms with Gasteiger partial charge < -0.3 is 29.3 Å². The van der Waals surface area contributed by atoms with Crippen LogP contribution in [0.2, 0.25) is 0 Å². The number of likely N-dealkylation sites (tertiary alicyclic amines) is 1. The summed E-state index contributed by atoms with van der Waals surface area (Å²) in [4.78, 5) is 60.4. The van der Waals surface area contributed by atoms with Crippen LogP contribution in [-0.4, -0.2) is 63.0 Å². The number of rotatable bonds is 5. The van der Waals surface area contributed by atoms with E-state index in [0.29, 0.717) is 63.5 Å². The fraction of sp³-hybridized carbons (Fsp3) is 0.261. The summed E-state index contributed by atoms with van der Waals surface area (Å²) in [5.74, 6) is 3.30. The Labute approximate surface area is 334 Å². The van der Waals surface area contributed by atoms with Gasteiger partial charge in [0.05, 0.1) is 12.5 Å². The molecular formula is C46H42N6O6. The molecule has 0 unspecified atom stereocenters. The summed E-state index contributed by atoms with van der Waals surface area (Å²) < 4.78 is 12.0. The summed E-state index contributed by atoms with van der Waals surface area (Å²) >= 11 is 0. The molecule has 1 fully saturated rings. The number of fused-ring (bicyclic) bond motifs is 6. The predicted octanol–water partition coefficient (Wildman–Crippen LogP) is 7.36. The number of aromatic nitrogens is 2. The maximum absolute atomic E-state index is 12.8. The van der Waals surface area contributed by atoms with Gasteiger partial charge in [-0.3, -0.25) is 19.2 Å². The van der Waals surface area contributed by atoms with E-state index >= 15 is 0 Å². The number of carbonyl (C=O) groups is 4. The van der Waals surface area contributed by atoms with Crippen molar-refractivity contribution in [3.05, 3.63) is 130 Å². The van der Waals surface area contributed by atoms with Crippen LogP contribution in [0, 0.1) is 6.92 Å².